The third kappa shape index (κ3) is 6.02. The zero-order valence-electron chi connectivity index (χ0n) is 13.7. The second kappa shape index (κ2) is 9.50. The number of aliphatic carboxylic acids is 1. The predicted molar refractivity (Wildman–Crippen MR) is 87.7 cm³/mol. The SMILES string of the molecule is CCCN(CCC(=O)O)C(=O)/C=C/c1cc(OC)ccc1OC. The van der Waals surface area contributed by atoms with E-state index in [0.29, 0.717) is 18.0 Å². The Morgan fingerprint density at radius 3 is 2.52 bits per heavy atom. The first kappa shape index (κ1) is 18.5. The Bertz CT molecular complexity index is 568. The number of nitrogens with zero attached hydrogens (tertiary/aromatic N) is 1. The van der Waals surface area contributed by atoms with Crippen molar-refractivity contribution in [3.63, 3.8) is 0 Å². The number of rotatable bonds is 9. The lowest BCUT2D eigenvalue weighted by atomic mass is 10.1. The van der Waals surface area contributed by atoms with Crippen LogP contribution in [0.3, 0.4) is 0 Å². The molecule has 6 nitrogen and oxygen atoms in total. The van der Waals surface area contributed by atoms with E-state index in [-0.39, 0.29) is 18.9 Å². The van der Waals surface area contributed by atoms with Gasteiger partial charge in [-0.05, 0) is 30.7 Å². The van der Waals surface area contributed by atoms with Crippen molar-refractivity contribution in [2.45, 2.75) is 19.8 Å². The van der Waals surface area contributed by atoms with E-state index in [1.165, 1.54) is 11.0 Å². The van der Waals surface area contributed by atoms with Gasteiger partial charge in [-0.2, -0.15) is 0 Å². The maximum absolute atomic E-state index is 12.2. The fraction of sp³-hybridized carbons (Fsp3) is 0.412. The summed E-state index contributed by atoms with van der Waals surface area (Å²) in [7, 11) is 3.12. The van der Waals surface area contributed by atoms with Crippen molar-refractivity contribution in [2.24, 2.45) is 0 Å². The minimum atomic E-state index is -0.919. The summed E-state index contributed by atoms with van der Waals surface area (Å²) in [5, 5.41) is 8.76. The molecule has 0 aliphatic carbocycles. The molecule has 0 atom stereocenters. The first-order chi connectivity index (χ1) is 11.0. The third-order valence-corrected chi connectivity index (χ3v) is 3.24. The van der Waals surface area contributed by atoms with Crippen LogP contribution < -0.4 is 9.47 Å². The molecule has 1 N–H and O–H groups in total. The zero-order valence-corrected chi connectivity index (χ0v) is 13.7. The average Bonchev–Trinajstić information content (AvgIpc) is 2.55. The normalized spacial score (nSPS) is 10.6. The maximum Gasteiger partial charge on any atom is 0.305 e. The van der Waals surface area contributed by atoms with E-state index in [1.54, 1.807) is 38.5 Å². The summed E-state index contributed by atoms with van der Waals surface area (Å²) < 4.78 is 10.4. The molecule has 0 aromatic heterocycles. The molecule has 1 rings (SSSR count). The summed E-state index contributed by atoms with van der Waals surface area (Å²) in [6.07, 6.45) is 3.77. The van der Waals surface area contributed by atoms with Crippen molar-refractivity contribution in [1.82, 2.24) is 4.90 Å². The number of carboxylic acids is 1. The molecule has 126 valence electrons. The molecular formula is C17H23NO5. The summed E-state index contributed by atoms with van der Waals surface area (Å²) in [6, 6.07) is 5.30. The lowest BCUT2D eigenvalue weighted by Gasteiger charge is -2.19. The minimum Gasteiger partial charge on any atom is -0.497 e. The number of benzene rings is 1. The largest absolute Gasteiger partial charge is 0.497 e. The first-order valence-electron chi connectivity index (χ1n) is 7.42. The molecule has 1 aromatic carbocycles. The van der Waals surface area contributed by atoms with Crippen LogP contribution in [0, 0.1) is 0 Å². The fourth-order valence-electron chi connectivity index (χ4n) is 2.07. The van der Waals surface area contributed by atoms with Crippen molar-refractivity contribution in [3.05, 3.63) is 29.8 Å². The van der Waals surface area contributed by atoms with Gasteiger partial charge < -0.3 is 19.5 Å². The zero-order chi connectivity index (χ0) is 17.2. The summed E-state index contributed by atoms with van der Waals surface area (Å²) in [6.45, 7) is 2.66. The van der Waals surface area contributed by atoms with Gasteiger partial charge in [0.15, 0.2) is 0 Å². The number of carbonyl (C=O) groups excluding carboxylic acids is 1. The second-order valence-corrected chi connectivity index (χ2v) is 4.91. The van der Waals surface area contributed by atoms with Gasteiger partial charge in [-0.25, -0.2) is 0 Å². The van der Waals surface area contributed by atoms with Crippen molar-refractivity contribution >= 4 is 18.0 Å². The van der Waals surface area contributed by atoms with Crippen molar-refractivity contribution in [2.75, 3.05) is 27.3 Å². The molecule has 23 heavy (non-hydrogen) atoms. The Kier molecular flexibility index (Phi) is 7.66. The van der Waals surface area contributed by atoms with Crippen LogP contribution in [0.5, 0.6) is 11.5 Å². The van der Waals surface area contributed by atoms with Crippen molar-refractivity contribution < 1.29 is 24.2 Å². The van der Waals surface area contributed by atoms with Crippen LogP contribution in [0.4, 0.5) is 0 Å². The van der Waals surface area contributed by atoms with E-state index < -0.39 is 5.97 Å². The van der Waals surface area contributed by atoms with E-state index in [9.17, 15) is 9.59 Å². The van der Waals surface area contributed by atoms with Gasteiger partial charge in [-0.15, -0.1) is 0 Å². The average molecular weight is 321 g/mol. The highest BCUT2D eigenvalue weighted by Crippen LogP contribution is 2.25. The second-order valence-electron chi connectivity index (χ2n) is 4.91. The van der Waals surface area contributed by atoms with Gasteiger partial charge in [0.1, 0.15) is 11.5 Å². The van der Waals surface area contributed by atoms with Crippen LogP contribution in [0.1, 0.15) is 25.3 Å². The van der Waals surface area contributed by atoms with Crippen LogP contribution >= 0.6 is 0 Å². The highest BCUT2D eigenvalue weighted by atomic mass is 16.5. The molecule has 0 aliphatic heterocycles. The van der Waals surface area contributed by atoms with Crippen LogP contribution in [-0.2, 0) is 9.59 Å². The number of carbonyl (C=O) groups is 2. The molecule has 0 saturated heterocycles. The number of hydrogen-bond donors (Lipinski definition) is 1. The molecule has 6 heteroatoms. The molecule has 0 bridgehead atoms. The minimum absolute atomic E-state index is 0.0674. The number of ether oxygens (including phenoxy) is 2. The quantitative estimate of drug-likeness (QED) is 0.707. The van der Waals surface area contributed by atoms with Crippen LogP contribution in [0.15, 0.2) is 24.3 Å². The molecule has 1 aromatic rings. The molecule has 0 radical (unpaired) electrons. The van der Waals surface area contributed by atoms with Crippen LogP contribution in [-0.4, -0.2) is 49.2 Å². The lowest BCUT2D eigenvalue weighted by Crippen LogP contribution is -2.32. The Morgan fingerprint density at radius 1 is 1.22 bits per heavy atom. The Morgan fingerprint density at radius 2 is 1.96 bits per heavy atom. The molecule has 0 aliphatic rings. The summed E-state index contributed by atoms with van der Waals surface area (Å²) in [5.74, 6) is 0.145. The lowest BCUT2D eigenvalue weighted by molar-refractivity contribution is -0.138. The van der Waals surface area contributed by atoms with Gasteiger partial charge in [0.25, 0.3) is 0 Å². The number of amides is 1. The number of carboxylic acid groups (broad SMARTS) is 1. The van der Waals surface area contributed by atoms with Gasteiger partial charge in [0.2, 0.25) is 5.91 Å². The molecule has 0 fully saturated rings. The highest BCUT2D eigenvalue weighted by Gasteiger charge is 2.11. The molecule has 1 amide bonds. The number of methoxy groups -OCH3 is 2. The predicted octanol–water partition coefficient (Wildman–Crippen LogP) is 2.43. The highest BCUT2D eigenvalue weighted by molar-refractivity contribution is 5.92. The fourth-order valence-corrected chi connectivity index (χ4v) is 2.07. The molecule has 0 heterocycles. The summed E-state index contributed by atoms with van der Waals surface area (Å²) >= 11 is 0. The molecular weight excluding hydrogens is 298 g/mol. The summed E-state index contributed by atoms with van der Waals surface area (Å²) in [5.41, 5.74) is 0.717. The first-order valence-corrected chi connectivity index (χ1v) is 7.42. The van der Waals surface area contributed by atoms with Gasteiger partial charge in [0.05, 0.1) is 20.6 Å². The van der Waals surface area contributed by atoms with Crippen LogP contribution in [0.25, 0.3) is 6.08 Å². The third-order valence-electron chi connectivity index (χ3n) is 3.24. The van der Waals surface area contributed by atoms with Gasteiger partial charge in [0, 0.05) is 24.7 Å². The van der Waals surface area contributed by atoms with E-state index in [2.05, 4.69) is 0 Å². The van der Waals surface area contributed by atoms with Crippen LogP contribution in [0.2, 0.25) is 0 Å². The molecule has 0 saturated carbocycles. The monoisotopic (exact) mass is 321 g/mol. The Labute approximate surface area is 136 Å². The summed E-state index contributed by atoms with van der Waals surface area (Å²) in [4.78, 5) is 24.4. The smallest absolute Gasteiger partial charge is 0.305 e. The Hall–Kier alpha value is -2.50. The van der Waals surface area contributed by atoms with Crippen molar-refractivity contribution in [3.8, 4) is 11.5 Å². The number of hydrogen-bond acceptors (Lipinski definition) is 4. The topological polar surface area (TPSA) is 76.1 Å². The van der Waals surface area contributed by atoms with Crippen molar-refractivity contribution in [1.29, 1.82) is 0 Å². The van der Waals surface area contributed by atoms with Gasteiger partial charge in [-0.1, -0.05) is 6.92 Å². The van der Waals surface area contributed by atoms with Gasteiger partial charge in [-0.3, -0.25) is 9.59 Å². The van der Waals surface area contributed by atoms with Gasteiger partial charge >= 0.3 is 5.97 Å². The van der Waals surface area contributed by atoms with E-state index in [1.807, 2.05) is 6.92 Å². The standard InChI is InChI=1S/C17H23NO5/c1-4-10-18(11-9-17(20)21)16(19)8-5-13-12-14(22-2)6-7-15(13)23-3/h5-8,12H,4,9-11H2,1-3H3,(H,20,21)/b8-5+. The van der Waals surface area contributed by atoms with E-state index >= 15 is 0 Å². The van der Waals surface area contributed by atoms with E-state index in [4.69, 9.17) is 14.6 Å². The Balaban J connectivity index is 2.87. The molecule has 0 spiro atoms. The molecule has 0 unspecified atom stereocenters. The maximum atomic E-state index is 12.2. The van der Waals surface area contributed by atoms with E-state index in [0.717, 1.165) is 12.0 Å².